The Bertz CT molecular complexity index is 196. The summed E-state index contributed by atoms with van der Waals surface area (Å²) in [5.41, 5.74) is 5.84. The standard InChI is InChI=1S/C10H21N3O/c1-12-10(14)5-6-13(2)9-4-3-8(11)7-9/h8-9H,3-7,11H2,1-2H3,(H,12,14). The number of carbonyl (C=O) groups is 1. The number of nitrogens with zero attached hydrogens (tertiary/aromatic N) is 1. The van der Waals surface area contributed by atoms with Crippen molar-refractivity contribution in [2.24, 2.45) is 5.73 Å². The monoisotopic (exact) mass is 199 g/mol. The third-order valence-electron chi connectivity index (χ3n) is 3.04. The summed E-state index contributed by atoms with van der Waals surface area (Å²) < 4.78 is 0. The molecule has 0 aromatic rings. The maximum absolute atomic E-state index is 11.0. The van der Waals surface area contributed by atoms with E-state index >= 15 is 0 Å². The van der Waals surface area contributed by atoms with E-state index in [1.807, 2.05) is 0 Å². The molecule has 1 aliphatic carbocycles. The first kappa shape index (κ1) is 11.5. The normalized spacial score (nSPS) is 26.9. The number of nitrogens with one attached hydrogen (secondary N) is 1. The minimum atomic E-state index is 0.110. The fraction of sp³-hybridized carbons (Fsp3) is 0.900. The second kappa shape index (κ2) is 5.32. The first-order valence-electron chi connectivity index (χ1n) is 5.30. The highest BCUT2D eigenvalue weighted by atomic mass is 16.1. The van der Waals surface area contributed by atoms with Crippen LogP contribution in [0.1, 0.15) is 25.7 Å². The summed E-state index contributed by atoms with van der Waals surface area (Å²) in [4.78, 5) is 13.3. The van der Waals surface area contributed by atoms with Gasteiger partial charge in [0.1, 0.15) is 0 Å². The highest BCUT2D eigenvalue weighted by molar-refractivity contribution is 5.75. The minimum absolute atomic E-state index is 0.110. The molecule has 0 aliphatic heterocycles. The molecule has 1 aliphatic rings. The van der Waals surface area contributed by atoms with E-state index in [9.17, 15) is 4.79 Å². The number of hydrogen-bond donors (Lipinski definition) is 2. The van der Waals surface area contributed by atoms with Gasteiger partial charge in [0.25, 0.3) is 0 Å². The highest BCUT2D eigenvalue weighted by Gasteiger charge is 2.24. The van der Waals surface area contributed by atoms with Crippen LogP contribution in [0.15, 0.2) is 0 Å². The average Bonchev–Trinajstić information content (AvgIpc) is 2.60. The quantitative estimate of drug-likeness (QED) is 0.666. The van der Waals surface area contributed by atoms with Gasteiger partial charge in [0.05, 0.1) is 0 Å². The van der Waals surface area contributed by atoms with Crippen LogP contribution in [-0.2, 0) is 4.79 Å². The van der Waals surface area contributed by atoms with Gasteiger partial charge in [0.15, 0.2) is 0 Å². The molecule has 1 saturated carbocycles. The summed E-state index contributed by atoms with van der Waals surface area (Å²) in [5.74, 6) is 0.110. The molecule has 2 unspecified atom stereocenters. The van der Waals surface area contributed by atoms with Crippen LogP contribution in [0.4, 0.5) is 0 Å². The summed E-state index contributed by atoms with van der Waals surface area (Å²) in [5, 5.41) is 2.63. The molecule has 0 spiro atoms. The molecule has 0 radical (unpaired) electrons. The van der Waals surface area contributed by atoms with E-state index in [1.54, 1.807) is 7.05 Å². The van der Waals surface area contributed by atoms with Crippen LogP contribution >= 0.6 is 0 Å². The largest absolute Gasteiger partial charge is 0.359 e. The molecule has 4 nitrogen and oxygen atoms in total. The summed E-state index contributed by atoms with van der Waals surface area (Å²) in [7, 11) is 3.75. The van der Waals surface area contributed by atoms with E-state index in [1.165, 1.54) is 6.42 Å². The Morgan fingerprint density at radius 3 is 2.79 bits per heavy atom. The molecule has 2 atom stereocenters. The Balaban J connectivity index is 2.21. The molecule has 0 heterocycles. The Labute approximate surface area is 85.8 Å². The van der Waals surface area contributed by atoms with Crippen molar-refractivity contribution in [3.63, 3.8) is 0 Å². The van der Waals surface area contributed by atoms with Gasteiger partial charge < -0.3 is 16.0 Å². The number of amides is 1. The van der Waals surface area contributed by atoms with Crippen molar-refractivity contribution >= 4 is 5.91 Å². The molecule has 3 N–H and O–H groups in total. The lowest BCUT2D eigenvalue weighted by molar-refractivity contribution is -0.120. The third-order valence-corrected chi connectivity index (χ3v) is 3.04. The van der Waals surface area contributed by atoms with Gasteiger partial charge >= 0.3 is 0 Å². The number of rotatable bonds is 4. The lowest BCUT2D eigenvalue weighted by atomic mass is 10.2. The summed E-state index contributed by atoms with van der Waals surface area (Å²) in [6.07, 6.45) is 3.95. The maximum Gasteiger partial charge on any atom is 0.221 e. The highest BCUT2D eigenvalue weighted by Crippen LogP contribution is 2.21. The first-order valence-corrected chi connectivity index (χ1v) is 5.30. The van der Waals surface area contributed by atoms with Gasteiger partial charge in [-0.15, -0.1) is 0 Å². The molecule has 0 aromatic carbocycles. The lowest BCUT2D eigenvalue weighted by Gasteiger charge is -2.23. The van der Waals surface area contributed by atoms with E-state index in [4.69, 9.17) is 5.73 Å². The molecule has 4 heteroatoms. The Kier molecular flexibility index (Phi) is 4.35. The van der Waals surface area contributed by atoms with Crippen molar-refractivity contribution in [1.29, 1.82) is 0 Å². The van der Waals surface area contributed by atoms with E-state index < -0.39 is 0 Å². The molecular weight excluding hydrogens is 178 g/mol. The topological polar surface area (TPSA) is 58.4 Å². The van der Waals surface area contributed by atoms with Crippen molar-refractivity contribution < 1.29 is 4.79 Å². The average molecular weight is 199 g/mol. The van der Waals surface area contributed by atoms with Gasteiger partial charge in [-0.3, -0.25) is 4.79 Å². The smallest absolute Gasteiger partial charge is 0.221 e. The molecule has 1 fully saturated rings. The Morgan fingerprint density at radius 1 is 1.57 bits per heavy atom. The van der Waals surface area contributed by atoms with E-state index in [0.29, 0.717) is 18.5 Å². The zero-order valence-corrected chi connectivity index (χ0v) is 9.12. The fourth-order valence-electron chi connectivity index (χ4n) is 1.98. The summed E-state index contributed by atoms with van der Waals surface area (Å²) in [6.45, 7) is 0.830. The maximum atomic E-state index is 11.0. The summed E-state index contributed by atoms with van der Waals surface area (Å²) >= 11 is 0. The van der Waals surface area contributed by atoms with Gasteiger partial charge in [-0.1, -0.05) is 0 Å². The molecular formula is C10H21N3O. The van der Waals surface area contributed by atoms with Gasteiger partial charge in [-0.25, -0.2) is 0 Å². The van der Waals surface area contributed by atoms with Crippen LogP contribution in [0.5, 0.6) is 0 Å². The van der Waals surface area contributed by atoms with Crippen LogP contribution < -0.4 is 11.1 Å². The third kappa shape index (κ3) is 3.27. The van der Waals surface area contributed by atoms with Crippen LogP contribution in [0.3, 0.4) is 0 Å². The van der Waals surface area contributed by atoms with Gasteiger partial charge in [-0.05, 0) is 26.3 Å². The molecule has 0 bridgehead atoms. The van der Waals surface area contributed by atoms with E-state index in [2.05, 4.69) is 17.3 Å². The van der Waals surface area contributed by atoms with Gasteiger partial charge in [0, 0.05) is 32.1 Å². The van der Waals surface area contributed by atoms with E-state index in [0.717, 1.165) is 19.4 Å². The zero-order chi connectivity index (χ0) is 10.6. The molecule has 0 saturated heterocycles. The van der Waals surface area contributed by atoms with Crippen LogP contribution in [0.2, 0.25) is 0 Å². The second-order valence-corrected chi connectivity index (χ2v) is 4.13. The van der Waals surface area contributed by atoms with Crippen LogP contribution in [-0.4, -0.2) is 43.5 Å². The zero-order valence-electron chi connectivity index (χ0n) is 9.12. The second-order valence-electron chi connectivity index (χ2n) is 4.13. The minimum Gasteiger partial charge on any atom is -0.359 e. The van der Waals surface area contributed by atoms with Crippen molar-refractivity contribution in [2.75, 3.05) is 20.6 Å². The van der Waals surface area contributed by atoms with Crippen molar-refractivity contribution in [3.8, 4) is 0 Å². The number of carbonyl (C=O) groups excluding carboxylic acids is 1. The SMILES string of the molecule is CNC(=O)CCN(C)C1CCC(N)C1. The number of hydrogen-bond acceptors (Lipinski definition) is 3. The fourth-order valence-corrected chi connectivity index (χ4v) is 1.98. The first-order chi connectivity index (χ1) is 6.63. The van der Waals surface area contributed by atoms with Gasteiger partial charge in [0.2, 0.25) is 5.91 Å². The van der Waals surface area contributed by atoms with Crippen molar-refractivity contribution in [2.45, 2.75) is 37.8 Å². The summed E-state index contributed by atoms with van der Waals surface area (Å²) in [6, 6.07) is 0.942. The van der Waals surface area contributed by atoms with Crippen LogP contribution in [0, 0.1) is 0 Å². The number of nitrogens with two attached hydrogens (primary N) is 1. The van der Waals surface area contributed by atoms with Gasteiger partial charge in [-0.2, -0.15) is 0 Å². The molecule has 0 aromatic heterocycles. The van der Waals surface area contributed by atoms with Crippen molar-refractivity contribution in [3.05, 3.63) is 0 Å². The predicted octanol–water partition coefficient (Wildman–Crippen LogP) is -0.0659. The van der Waals surface area contributed by atoms with Crippen LogP contribution in [0.25, 0.3) is 0 Å². The lowest BCUT2D eigenvalue weighted by Crippen LogP contribution is -2.34. The van der Waals surface area contributed by atoms with E-state index in [-0.39, 0.29) is 5.91 Å². The molecule has 1 rings (SSSR count). The Hall–Kier alpha value is -0.610. The molecule has 82 valence electrons. The van der Waals surface area contributed by atoms with Crippen molar-refractivity contribution in [1.82, 2.24) is 10.2 Å². The molecule has 1 amide bonds. The predicted molar refractivity (Wildman–Crippen MR) is 56.9 cm³/mol. The Morgan fingerprint density at radius 2 is 2.29 bits per heavy atom. The molecule has 14 heavy (non-hydrogen) atoms.